The molecule has 0 aliphatic heterocycles. The topological polar surface area (TPSA) is 55.4 Å². The van der Waals surface area contributed by atoms with Crippen LogP contribution in [-0.4, -0.2) is 24.0 Å². The molecule has 0 aromatic carbocycles. The van der Waals surface area contributed by atoms with Crippen molar-refractivity contribution < 1.29 is 14.3 Å². The van der Waals surface area contributed by atoms with Crippen LogP contribution in [0.3, 0.4) is 0 Å². The normalized spacial score (nSPS) is 48.7. The van der Waals surface area contributed by atoms with Gasteiger partial charge in [0.2, 0.25) is 5.91 Å². The lowest BCUT2D eigenvalue weighted by molar-refractivity contribution is -0.159. The van der Waals surface area contributed by atoms with Gasteiger partial charge in [-0.15, -0.1) is 0 Å². The van der Waals surface area contributed by atoms with Gasteiger partial charge in [0, 0.05) is 19.9 Å². The van der Waals surface area contributed by atoms with Crippen LogP contribution in [0.2, 0.25) is 0 Å². The zero-order valence-corrected chi connectivity index (χ0v) is 17.6. The minimum atomic E-state index is -0.124. The van der Waals surface area contributed by atoms with E-state index in [1.807, 2.05) is 0 Å². The fourth-order valence-electron chi connectivity index (χ4n) is 8.04. The average Bonchev–Trinajstić information content (AvgIpc) is 2.91. The molecule has 0 heterocycles. The highest BCUT2D eigenvalue weighted by Crippen LogP contribution is 2.66. The zero-order valence-electron chi connectivity index (χ0n) is 17.6. The number of hydrogen-bond donors (Lipinski definition) is 1. The second kappa shape index (κ2) is 6.77. The lowest BCUT2D eigenvalue weighted by atomic mass is 9.45. The van der Waals surface area contributed by atoms with Crippen LogP contribution >= 0.6 is 0 Å². The van der Waals surface area contributed by atoms with E-state index in [1.54, 1.807) is 6.92 Å². The fraction of sp³-hybridized carbons (Fsp3) is 0.913. The number of esters is 1. The van der Waals surface area contributed by atoms with Crippen LogP contribution in [0.4, 0.5) is 0 Å². The van der Waals surface area contributed by atoms with Crippen LogP contribution in [0.25, 0.3) is 0 Å². The van der Waals surface area contributed by atoms with Crippen LogP contribution in [0.5, 0.6) is 0 Å². The highest BCUT2D eigenvalue weighted by molar-refractivity contribution is 5.73. The molecule has 0 radical (unpaired) electrons. The molecule has 4 fully saturated rings. The zero-order chi connectivity index (χ0) is 19.4. The average molecular weight is 376 g/mol. The van der Waals surface area contributed by atoms with Crippen LogP contribution in [0.1, 0.15) is 85.5 Å². The third-order valence-electron chi connectivity index (χ3n) is 9.33. The van der Waals surface area contributed by atoms with Gasteiger partial charge in [-0.3, -0.25) is 9.59 Å². The van der Waals surface area contributed by atoms with Gasteiger partial charge in [0.25, 0.3) is 0 Å². The number of nitrogens with one attached hydrogen (secondary N) is 1. The van der Waals surface area contributed by atoms with E-state index in [2.05, 4.69) is 19.2 Å². The van der Waals surface area contributed by atoms with E-state index in [9.17, 15) is 9.59 Å². The van der Waals surface area contributed by atoms with Crippen molar-refractivity contribution in [1.82, 2.24) is 5.32 Å². The summed E-state index contributed by atoms with van der Waals surface area (Å²) in [6.45, 7) is 8.20. The summed E-state index contributed by atoms with van der Waals surface area (Å²) in [5, 5.41) is 3.28. The van der Waals surface area contributed by atoms with Gasteiger partial charge in [-0.25, -0.2) is 0 Å². The molecule has 27 heavy (non-hydrogen) atoms. The van der Waals surface area contributed by atoms with Gasteiger partial charge in [-0.2, -0.15) is 0 Å². The van der Waals surface area contributed by atoms with Gasteiger partial charge in [-0.05, 0) is 92.3 Å². The highest BCUT2D eigenvalue weighted by atomic mass is 16.5. The molecule has 0 saturated heterocycles. The maximum Gasteiger partial charge on any atom is 0.302 e. The van der Waals surface area contributed by atoms with Gasteiger partial charge in [0.1, 0.15) is 6.10 Å². The molecule has 152 valence electrons. The molecule has 4 heteroatoms. The molecule has 4 aliphatic rings. The van der Waals surface area contributed by atoms with Crippen LogP contribution in [0, 0.1) is 34.5 Å². The van der Waals surface area contributed by atoms with Gasteiger partial charge in [0.15, 0.2) is 0 Å². The molecule has 4 rings (SSSR count). The Labute approximate surface area is 164 Å². The van der Waals surface area contributed by atoms with Crippen LogP contribution < -0.4 is 5.32 Å². The predicted octanol–water partition coefficient (Wildman–Crippen LogP) is 4.47. The van der Waals surface area contributed by atoms with Crippen molar-refractivity contribution in [3.05, 3.63) is 0 Å². The molecule has 0 aromatic heterocycles. The van der Waals surface area contributed by atoms with Crippen LogP contribution in [0.15, 0.2) is 0 Å². The van der Waals surface area contributed by atoms with Crippen molar-refractivity contribution >= 4 is 11.9 Å². The summed E-state index contributed by atoms with van der Waals surface area (Å²) < 4.78 is 5.58. The maximum absolute atomic E-state index is 11.7. The molecule has 0 unspecified atom stereocenters. The fourth-order valence-corrected chi connectivity index (χ4v) is 8.04. The number of ether oxygens (including phenoxy) is 1. The van der Waals surface area contributed by atoms with Crippen molar-refractivity contribution in [3.63, 3.8) is 0 Å². The lowest BCUT2D eigenvalue weighted by Gasteiger charge is -2.61. The minimum Gasteiger partial charge on any atom is -0.463 e. The molecule has 1 N–H and O–H groups in total. The third kappa shape index (κ3) is 3.11. The summed E-state index contributed by atoms with van der Waals surface area (Å²) in [4.78, 5) is 23.1. The molecule has 1 amide bonds. The summed E-state index contributed by atoms with van der Waals surface area (Å²) in [5.41, 5.74) is 0.692. The van der Waals surface area contributed by atoms with E-state index >= 15 is 0 Å². The molecule has 4 saturated carbocycles. The van der Waals surface area contributed by atoms with Gasteiger partial charge >= 0.3 is 5.97 Å². The first-order valence-electron chi connectivity index (χ1n) is 11.2. The van der Waals surface area contributed by atoms with Crippen molar-refractivity contribution in [2.75, 3.05) is 0 Å². The highest BCUT2D eigenvalue weighted by Gasteiger charge is 2.60. The van der Waals surface area contributed by atoms with E-state index in [1.165, 1.54) is 45.4 Å². The summed E-state index contributed by atoms with van der Waals surface area (Å²) >= 11 is 0. The first-order chi connectivity index (χ1) is 12.7. The quantitative estimate of drug-likeness (QED) is 0.725. The Morgan fingerprint density at radius 3 is 2.30 bits per heavy atom. The Balaban J connectivity index is 1.51. The molecule has 4 nitrogen and oxygen atoms in total. The molecule has 8 atom stereocenters. The van der Waals surface area contributed by atoms with Crippen molar-refractivity contribution in [3.8, 4) is 0 Å². The van der Waals surface area contributed by atoms with Crippen LogP contribution in [-0.2, 0) is 14.3 Å². The monoisotopic (exact) mass is 375 g/mol. The van der Waals surface area contributed by atoms with Crippen molar-refractivity contribution in [1.29, 1.82) is 0 Å². The summed E-state index contributed by atoms with van der Waals surface area (Å²) in [6.07, 6.45) is 11.0. The van der Waals surface area contributed by atoms with E-state index in [-0.39, 0.29) is 23.4 Å². The first kappa shape index (κ1) is 19.3. The SMILES string of the molecule is CC(=O)N[C@H]1CC[C@H]2[C@@H]3CC[C@H]4C[C@@H](OC(C)=O)CC[C@]4(C)[C@H]3CC[C@]12C. The number of rotatable bonds is 2. The number of hydrogen-bond acceptors (Lipinski definition) is 3. The second-order valence-electron chi connectivity index (χ2n) is 10.5. The standard InChI is InChI=1S/C23H37NO3/c1-14(25)24-21-8-7-19-18-6-5-16-13-17(27-15(2)26)9-11-22(16,3)20(18)10-12-23(19,21)4/h16-21H,5-13H2,1-4H3,(H,24,25)/t16-,17-,18-,19-,20-,21-,22-,23-/m0/s1. The molecular formula is C23H37NO3. The van der Waals surface area contributed by atoms with Crippen molar-refractivity contribution in [2.45, 2.75) is 97.6 Å². The summed E-state index contributed by atoms with van der Waals surface area (Å²) in [7, 11) is 0. The second-order valence-corrected chi connectivity index (χ2v) is 10.5. The van der Waals surface area contributed by atoms with E-state index < -0.39 is 0 Å². The Morgan fingerprint density at radius 2 is 1.59 bits per heavy atom. The van der Waals surface area contributed by atoms with E-state index in [0.29, 0.717) is 17.4 Å². The van der Waals surface area contributed by atoms with Gasteiger partial charge < -0.3 is 10.1 Å². The Bertz CT molecular complexity index is 619. The Morgan fingerprint density at radius 1 is 0.889 bits per heavy atom. The number of carbonyl (C=O) groups excluding carboxylic acids is 2. The lowest BCUT2D eigenvalue weighted by Crippen LogP contribution is -2.56. The van der Waals surface area contributed by atoms with Gasteiger partial charge in [-0.1, -0.05) is 13.8 Å². The molecule has 4 aliphatic carbocycles. The smallest absolute Gasteiger partial charge is 0.302 e. The molecule has 0 bridgehead atoms. The number of amides is 1. The van der Waals surface area contributed by atoms with Gasteiger partial charge in [0.05, 0.1) is 0 Å². The number of carbonyl (C=O) groups is 2. The molecule has 0 spiro atoms. The largest absolute Gasteiger partial charge is 0.463 e. The summed E-state index contributed by atoms with van der Waals surface area (Å²) in [5.74, 6) is 3.09. The minimum absolute atomic E-state index is 0.124. The van der Waals surface area contributed by atoms with E-state index in [0.717, 1.165) is 37.0 Å². The Kier molecular flexibility index (Phi) is 4.83. The van der Waals surface area contributed by atoms with E-state index in [4.69, 9.17) is 4.74 Å². The summed E-state index contributed by atoms with van der Waals surface area (Å²) in [6, 6.07) is 0.367. The van der Waals surface area contributed by atoms with Crippen molar-refractivity contribution in [2.24, 2.45) is 34.5 Å². The Hall–Kier alpha value is -1.06. The predicted molar refractivity (Wildman–Crippen MR) is 105 cm³/mol. The maximum atomic E-state index is 11.7. The third-order valence-corrected chi connectivity index (χ3v) is 9.33. The first-order valence-corrected chi connectivity index (χ1v) is 11.2. The molecule has 0 aromatic rings. The molecular weight excluding hydrogens is 338 g/mol. The number of fused-ring (bicyclic) bond motifs is 5.